The van der Waals surface area contributed by atoms with E-state index in [0.29, 0.717) is 24.8 Å². The van der Waals surface area contributed by atoms with Crippen LogP contribution in [-0.2, 0) is 6.54 Å². The molecule has 1 saturated heterocycles. The number of thiophene rings is 1. The van der Waals surface area contributed by atoms with Crippen LogP contribution in [0.25, 0.3) is 11.4 Å². The zero-order valence-corrected chi connectivity index (χ0v) is 10.8. The molecule has 6 heteroatoms. The number of aromatic nitrogens is 2. The molecule has 2 aromatic heterocycles. The summed E-state index contributed by atoms with van der Waals surface area (Å²) >= 11 is 1.61. The fourth-order valence-corrected chi connectivity index (χ4v) is 2.83. The Hall–Kier alpha value is -1.24. The molecular weight excluding hydrogens is 250 g/mol. The molecule has 2 aromatic rings. The number of rotatable bonds is 3. The standard InChI is InChI=1S/C12H15N3O2S/c16-10-2-1-4-15(6-10)7-11-13-12(14-17-11)9-3-5-18-8-9/h3,5,8,10,16H,1-2,4,6-7H2/t10-/m1/s1. The number of piperidine rings is 1. The smallest absolute Gasteiger partial charge is 0.241 e. The van der Waals surface area contributed by atoms with E-state index in [1.54, 1.807) is 11.3 Å². The van der Waals surface area contributed by atoms with E-state index in [2.05, 4.69) is 15.0 Å². The zero-order chi connectivity index (χ0) is 12.4. The molecule has 0 aromatic carbocycles. The summed E-state index contributed by atoms with van der Waals surface area (Å²) in [4.78, 5) is 6.53. The van der Waals surface area contributed by atoms with Crippen molar-refractivity contribution in [2.45, 2.75) is 25.5 Å². The molecular formula is C12H15N3O2S. The molecule has 0 spiro atoms. The molecule has 0 unspecified atom stereocenters. The highest BCUT2D eigenvalue weighted by Crippen LogP contribution is 2.19. The quantitative estimate of drug-likeness (QED) is 0.916. The van der Waals surface area contributed by atoms with Crippen molar-refractivity contribution in [1.29, 1.82) is 0 Å². The van der Waals surface area contributed by atoms with E-state index < -0.39 is 0 Å². The van der Waals surface area contributed by atoms with Gasteiger partial charge in [-0.15, -0.1) is 0 Å². The third-order valence-electron chi connectivity index (χ3n) is 3.09. The van der Waals surface area contributed by atoms with Crippen LogP contribution in [0, 0.1) is 0 Å². The Kier molecular flexibility index (Phi) is 3.40. The molecule has 3 rings (SSSR count). The Bertz CT molecular complexity index is 497. The largest absolute Gasteiger partial charge is 0.392 e. The van der Waals surface area contributed by atoms with E-state index in [9.17, 15) is 5.11 Å². The van der Waals surface area contributed by atoms with Gasteiger partial charge in [0.15, 0.2) is 0 Å². The third kappa shape index (κ3) is 2.60. The van der Waals surface area contributed by atoms with Crippen LogP contribution in [0.4, 0.5) is 0 Å². The van der Waals surface area contributed by atoms with Crippen LogP contribution >= 0.6 is 11.3 Å². The maximum Gasteiger partial charge on any atom is 0.241 e. The normalized spacial score (nSPS) is 21.3. The summed E-state index contributed by atoms with van der Waals surface area (Å²) in [5.74, 6) is 1.26. The topological polar surface area (TPSA) is 62.4 Å². The van der Waals surface area contributed by atoms with Crippen LogP contribution in [0.5, 0.6) is 0 Å². The predicted octanol–water partition coefficient (Wildman–Crippen LogP) is 1.75. The molecule has 1 aliphatic heterocycles. The SMILES string of the molecule is O[C@@H]1CCCN(Cc2nc(-c3ccsc3)no2)C1. The highest BCUT2D eigenvalue weighted by Gasteiger charge is 2.20. The van der Waals surface area contributed by atoms with Crippen LogP contribution in [0.2, 0.25) is 0 Å². The number of aliphatic hydroxyl groups excluding tert-OH is 1. The van der Waals surface area contributed by atoms with Gasteiger partial charge in [-0.3, -0.25) is 4.90 Å². The molecule has 1 N–H and O–H groups in total. The fourth-order valence-electron chi connectivity index (χ4n) is 2.19. The fraction of sp³-hybridized carbons (Fsp3) is 0.500. The number of β-amino-alcohol motifs (C(OH)–C–C–N with tert-alkyl or cyclic N) is 1. The molecule has 0 radical (unpaired) electrons. The minimum Gasteiger partial charge on any atom is -0.392 e. The third-order valence-corrected chi connectivity index (χ3v) is 3.77. The van der Waals surface area contributed by atoms with E-state index >= 15 is 0 Å². The van der Waals surface area contributed by atoms with Crippen molar-refractivity contribution in [2.24, 2.45) is 0 Å². The monoisotopic (exact) mass is 265 g/mol. The van der Waals surface area contributed by atoms with Crippen molar-refractivity contribution in [1.82, 2.24) is 15.0 Å². The lowest BCUT2D eigenvalue weighted by atomic mass is 10.1. The van der Waals surface area contributed by atoms with Gasteiger partial charge in [0.2, 0.25) is 11.7 Å². The average Bonchev–Trinajstić information content (AvgIpc) is 2.98. The van der Waals surface area contributed by atoms with Crippen LogP contribution in [0.15, 0.2) is 21.3 Å². The summed E-state index contributed by atoms with van der Waals surface area (Å²) < 4.78 is 5.25. The first-order valence-corrected chi connectivity index (χ1v) is 7.01. The molecule has 5 nitrogen and oxygen atoms in total. The van der Waals surface area contributed by atoms with Crippen LogP contribution in [0.1, 0.15) is 18.7 Å². The van der Waals surface area contributed by atoms with Crippen molar-refractivity contribution >= 4 is 11.3 Å². The summed E-state index contributed by atoms with van der Waals surface area (Å²) in [5, 5.41) is 17.6. The van der Waals surface area contributed by atoms with Gasteiger partial charge in [-0.25, -0.2) is 0 Å². The average molecular weight is 265 g/mol. The Labute approximate surface area is 109 Å². The van der Waals surface area contributed by atoms with Gasteiger partial charge >= 0.3 is 0 Å². The molecule has 1 aliphatic rings. The van der Waals surface area contributed by atoms with Gasteiger partial charge in [-0.05, 0) is 30.8 Å². The molecule has 0 amide bonds. The molecule has 0 bridgehead atoms. The van der Waals surface area contributed by atoms with Crippen LogP contribution in [-0.4, -0.2) is 39.3 Å². The molecule has 1 atom stereocenters. The molecule has 3 heterocycles. The summed E-state index contributed by atoms with van der Waals surface area (Å²) in [7, 11) is 0. The van der Waals surface area contributed by atoms with E-state index in [-0.39, 0.29) is 6.10 Å². The number of likely N-dealkylation sites (tertiary alicyclic amines) is 1. The van der Waals surface area contributed by atoms with Gasteiger partial charge in [0.05, 0.1) is 12.6 Å². The zero-order valence-electron chi connectivity index (χ0n) is 9.95. The molecule has 1 fully saturated rings. The van der Waals surface area contributed by atoms with Crippen molar-refractivity contribution in [2.75, 3.05) is 13.1 Å². The first-order valence-electron chi connectivity index (χ1n) is 6.07. The Morgan fingerprint density at radius 3 is 3.28 bits per heavy atom. The van der Waals surface area contributed by atoms with Crippen molar-refractivity contribution in [3.63, 3.8) is 0 Å². The molecule has 18 heavy (non-hydrogen) atoms. The van der Waals surface area contributed by atoms with Crippen molar-refractivity contribution in [3.8, 4) is 11.4 Å². The number of aliphatic hydroxyl groups is 1. The van der Waals surface area contributed by atoms with Crippen molar-refractivity contribution in [3.05, 3.63) is 22.7 Å². The Morgan fingerprint density at radius 2 is 2.50 bits per heavy atom. The lowest BCUT2D eigenvalue weighted by Gasteiger charge is -2.28. The van der Waals surface area contributed by atoms with Gasteiger partial charge < -0.3 is 9.63 Å². The summed E-state index contributed by atoms with van der Waals surface area (Å²) in [6, 6.07) is 1.98. The second-order valence-corrected chi connectivity index (χ2v) is 5.33. The van der Waals surface area contributed by atoms with Gasteiger partial charge in [0, 0.05) is 17.5 Å². The summed E-state index contributed by atoms with van der Waals surface area (Å²) in [5.41, 5.74) is 0.994. The Morgan fingerprint density at radius 1 is 1.56 bits per heavy atom. The van der Waals surface area contributed by atoms with Crippen molar-refractivity contribution < 1.29 is 9.63 Å². The van der Waals surface area contributed by atoms with E-state index in [0.717, 1.165) is 24.9 Å². The molecule has 0 aliphatic carbocycles. The lowest BCUT2D eigenvalue weighted by molar-refractivity contribution is 0.0613. The second-order valence-electron chi connectivity index (χ2n) is 4.55. The number of nitrogens with zero attached hydrogens (tertiary/aromatic N) is 3. The minimum absolute atomic E-state index is 0.224. The van der Waals surface area contributed by atoms with E-state index in [4.69, 9.17) is 4.52 Å². The summed E-state index contributed by atoms with van der Waals surface area (Å²) in [6.07, 6.45) is 1.69. The second kappa shape index (κ2) is 5.17. The highest BCUT2D eigenvalue weighted by molar-refractivity contribution is 7.08. The number of hydrogen-bond donors (Lipinski definition) is 1. The minimum atomic E-state index is -0.224. The molecule has 0 saturated carbocycles. The van der Waals surface area contributed by atoms with Gasteiger partial charge in [-0.2, -0.15) is 16.3 Å². The van der Waals surface area contributed by atoms with Gasteiger partial charge in [0.25, 0.3) is 0 Å². The lowest BCUT2D eigenvalue weighted by Crippen LogP contribution is -2.37. The maximum absolute atomic E-state index is 9.61. The van der Waals surface area contributed by atoms with Gasteiger partial charge in [0.1, 0.15) is 0 Å². The van der Waals surface area contributed by atoms with Gasteiger partial charge in [-0.1, -0.05) is 5.16 Å². The van der Waals surface area contributed by atoms with E-state index in [1.807, 2.05) is 16.8 Å². The Balaban J connectivity index is 1.66. The highest BCUT2D eigenvalue weighted by atomic mass is 32.1. The first kappa shape index (κ1) is 11.8. The maximum atomic E-state index is 9.61. The summed E-state index contributed by atoms with van der Waals surface area (Å²) in [6.45, 7) is 2.29. The van der Waals surface area contributed by atoms with Crippen LogP contribution in [0.3, 0.4) is 0 Å². The predicted molar refractivity (Wildman–Crippen MR) is 68.1 cm³/mol. The van der Waals surface area contributed by atoms with E-state index in [1.165, 1.54) is 0 Å². The number of hydrogen-bond acceptors (Lipinski definition) is 6. The molecule has 96 valence electrons. The van der Waals surface area contributed by atoms with Crippen LogP contribution < -0.4 is 0 Å². The first-order chi connectivity index (χ1) is 8.81.